The van der Waals surface area contributed by atoms with Gasteiger partial charge >= 0.3 is 0 Å². The van der Waals surface area contributed by atoms with Crippen molar-refractivity contribution in [2.75, 3.05) is 5.32 Å². The van der Waals surface area contributed by atoms with Crippen molar-refractivity contribution < 1.29 is 4.42 Å². The molecule has 0 aliphatic heterocycles. The molecule has 3 nitrogen and oxygen atoms in total. The molecule has 0 saturated carbocycles. The SMILES string of the molecule is CC(C)c1ccc(NCc2cnco2)c(C(C)C)c1. The zero-order valence-electron chi connectivity index (χ0n) is 12.1. The number of nitrogens with one attached hydrogen (secondary N) is 1. The Morgan fingerprint density at radius 3 is 2.53 bits per heavy atom. The first kappa shape index (κ1) is 13.7. The van der Waals surface area contributed by atoms with Crippen LogP contribution in [0.2, 0.25) is 0 Å². The lowest BCUT2D eigenvalue weighted by molar-refractivity contribution is 0.511. The van der Waals surface area contributed by atoms with Gasteiger partial charge in [-0.2, -0.15) is 0 Å². The number of benzene rings is 1. The van der Waals surface area contributed by atoms with Gasteiger partial charge in [-0.15, -0.1) is 0 Å². The maximum absolute atomic E-state index is 5.24. The monoisotopic (exact) mass is 258 g/mol. The Morgan fingerprint density at radius 2 is 1.95 bits per heavy atom. The minimum atomic E-state index is 0.496. The highest BCUT2D eigenvalue weighted by molar-refractivity contribution is 5.54. The molecule has 1 N–H and O–H groups in total. The smallest absolute Gasteiger partial charge is 0.180 e. The van der Waals surface area contributed by atoms with Gasteiger partial charge in [0.05, 0.1) is 12.7 Å². The average Bonchev–Trinajstić information content (AvgIpc) is 2.89. The number of rotatable bonds is 5. The van der Waals surface area contributed by atoms with Crippen LogP contribution in [0.4, 0.5) is 5.69 Å². The van der Waals surface area contributed by atoms with Crippen molar-refractivity contribution in [3.8, 4) is 0 Å². The lowest BCUT2D eigenvalue weighted by Gasteiger charge is -2.17. The number of nitrogens with zero attached hydrogens (tertiary/aromatic N) is 1. The molecule has 0 unspecified atom stereocenters. The Balaban J connectivity index is 2.19. The fourth-order valence-electron chi connectivity index (χ4n) is 2.09. The standard InChI is InChI=1S/C16H22N2O/c1-11(2)13-5-6-16(15(7-13)12(3)4)18-9-14-8-17-10-19-14/h5-8,10-12,18H,9H2,1-4H3. The average molecular weight is 258 g/mol. The predicted molar refractivity (Wildman–Crippen MR) is 78.4 cm³/mol. The molecule has 0 amide bonds. The molecule has 0 aliphatic carbocycles. The molecule has 102 valence electrons. The fourth-order valence-corrected chi connectivity index (χ4v) is 2.09. The summed E-state index contributed by atoms with van der Waals surface area (Å²) in [6.45, 7) is 9.56. The molecular formula is C16H22N2O. The topological polar surface area (TPSA) is 38.1 Å². The Kier molecular flexibility index (Phi) is 4.25. The Hall–Kier alpha value is -1.77. The third-order valence-corrected chi connectivity index (χ3v) is 3.30. The second kappa shape index (κ2) is 5.91. The summed E-state index contributed by atoms with van der Waals surface area (Å²) in [6.07, 6.45) is 3.20. The zero-order chi connectivity index (χ0) is 13.8. The highest BCUT2D eigenvalue weighted by Crippen LogP contribution is 2.28. The number of anilines is 1. The van der Waals surface area contributed by atoms with E-state index in [-0.39, 0.29) is 0 Å². The van der Waals surface area contributed by atoms with Crippen molar-refractivity contribution in [3.05, 3.63) is 47.7 Å². The minimum absolute atomic E-state index is 0.496. The predicted octanol–water partition coefficient (Wildman–Crippen LogP) is 4.53. The Labute approximate surface area is 115 Å². The summed E-state index contributed by atoms with van der Waals surface area (Å²) in [5.41, 5.74) is 3.91. The first-order valence-electron chi connectivity index (χ1n) is 6.83. The van der Waals surface area contributed by atoms with Crippen molar-refractivity contribution in [1.82, 2.24) is 4.98 Å². The van der Waals surface area contributed by atoms with Gasteiger partial charge in [0.2, 0.25) is 0 Å². The number of oxazole rings is 1. The van der Waals surface area contributed by atoms with Gasteiger partial charge in [-0.1, -0.05) is 39.8 Å². The second-order valence-electron chi connectivity index (χ2n) is 5.48. The van der Waals surface area contributed by atoms with E-state index in [1.807, 2.05) is 0 Å². The van der Waals surface area contributed by atoms with Crippen LogP contribution in [0.1, 0.15) is 56.4 Å². The molecule has 0 saturated heterocycles. The van der Waals surface area contributed by atoms with Gasteiger partial charge in [0.1, 0.15) is 5.76 Å². The summed E-state index contributed by atoms with van der Waals surface area (Å²) in [6, 6.07) is 6.67. The van der Waals surface area contributed by atoms with E-state index in [1.165, 1.54) is 23.2 Å². The summed E-state index contributed by atoms with van der Waals surface area (Å²) in [4.78, 5) is 3.92. The van der Waals surface area contributed by atoms with Crippen LogP contribution >= 0.6 is 0 Å². The molecule has 3 heteroatoms. The number of aromatic nitrogens is 1. The van der Waals surface area contributed by atoms with Gasteiger partial charge in [-0.3, -0.25) is 0 Å². The summed E-state index contributed by atoms with van der Waals surface area (Å²) >= 11 is 0. The Morgan fingerprint density at radius 1 is 1.16 bits per heavy atom. The molecule has 2 aromatic rings. The van der Waals surface area contributed by atoms with E-state index in [2.05, 4.69) is 56.2 Å². The highest BCUT2D eigenvalue weighted by Gasteiger charge is 2.10. The van der Waals surface area contributed by atoms with Crippen LogP contribution < -0.4 is 5.32 Å². The van der Waals surface area contributed by atoms with Gasteiger partial charge in [-0.05, 0) is 29.0 Å². The van der Waals surface area contributed by atoms with Crippen LogP contribution in [0.5, 0.6) is 0 Å². The third-order valence-electron chi connectivity index (χ3n) is 3.30. The van der Waals surface area contributed by atoms with E-state index >= 15 is 0 Å². The fraction of sp³-hybridized carbons (Fsp3) is 0.438. The molecule has 0 atom stereocenters. The number of hydrogen-bond donors (Lipinski definition) is 1. The lowest BCUT2D eigenvalue weighted by atomic mass is 9.94. The van der Waals surface area contributed by atoms with E-state index in [1.54, 1.807) is 6.20 Å². The molecule has 0 radical (unpaired) electrons. The maximum Gasteiger partial charge on any atom is 0.180 e. The molecule has 0 bridgehead atoms. The van der Waals surface area contributed by atoms with Crippen molar-refractivity contribution in [3.63, 3.8) is 0 Å². The van der Waals surface area contributed by atoms with Crippen LogP contribution in [0, 0.1) is 0 Å². The largest absolute Gasteiger partial charge is 0.447 e. The number of hydrogen-bond acceptors (Lipinski definition) is 3. The Bertz CT molecular complexity index is 516. The van der Waals surface area contributed by atoms with Crippen molar-refractivity contribution in [2.45, 2.75) is 46.1 Å². The molecule has 0 spiro atoms. The summed E-state index contributed by atoms with van der Waals surface area (Å²) < 4.78 is 5.24. The molecule has 1 aromatic carbocycles. The molecule has 0 fully saturated rings. The van der Waals surface area contributed by atoms with Crippen LogP contribution in [-0.4, -0.2) is 4.98 Å². The second-order valence-corrected chi connectivity index (χ2v) is 5.48. The first-order valence-corrected chi connectivity index (χ1v) is 6.83. The van der Waals surface area contributed by atoms with E-state index in [0.29, 0.717) is 18.4 Å². The van der Waals surface area contributed by atoms with Crippen molar-refractivity contribution >= 4 is 5.69 Å². The van der Waals surface area contributed by atoms with Gasteiger partial charge < -0.3 is 9.73 Å². The zero-order valence-corrected chi connectivity index (χ0v) is 12.1. The van der Waals surface area contributed by atoms with Gasteiger partial charge in [0, 0.05) is 5.69 Å². The lowest BCUT2D eigenvalue weighted by Crippen LogP contribution is -2.04. The molecule has 1 heterocycles. The van der Waals surface area contributed by atoms with E-state index in [0.717, 1.165) is 5.76 Å². The van der Waals surface area contributed by atoms with Crippen LogP contribution in [0.25, 0.3) is 0 Å². The van der Waals surface area contributed by atoms with E-state index in [4.69, 9.17) is 4.42 Å². The van der Waals surface area contributed by atoms with Crippen LogP contribution in [0.3, 0.4) is 0 Å². The summed E-state index contributed by atoms with van der Waals surface area (Å²) in [5, 5.41) is 3.43. The first-order chi connectivity index (χ1) is 9.08. The molecule has 19 heavy (non-hydrogen) atoms. The molecular weight excluding hydrogens is 236 g/mol. The normalized spacial score (nSPS) is 11.3. The third kappa shape index (κ3) is 3.37. The highest BCUT2D eigenvalue weighted by atomic mass is 16.3. The van der Waals surface area contributed by atoms with Gasteiger partial charge in [-0.25, -0.2) is 4.98 Å². The van der Waals surface area contributed by atoms with E-state index in [9.17, 15) is 0 Å². The maximum atomic E-state index is 5.24. The summed E-state index contributed by atoms with van der Waals surface area (Å²) in [5.74, 6) is 1.90. The van der Waals surface area contributed by atoms with Crippen molar-refractivity contribution in [2.24, 2.45) is 0 Å². The summed E-state index contributed by atoms with van der Waals surface area (Å²) in [7, 11) is 0. The van der Waals surface area contributed by atoms with Crippen LogP contribution in [-0.2, 0) is 6.54 Å². The van der Waals surface area contributed by atoms with Gasteiger partial charge in [0.15, 0.2) is 6.39 Å². The quantitative estimate of drug-likeness (QED) is 0.856. The van der Waals surface area contributed by atoms with Crippen LogP contribution in [0.15, 0.2) is 35.2 Å². The molecule has 1 aromatic heterocycles. The minimum Gasteiger partial charge on any atom is -0.447 e. The molecule has 2 rings (SSSR count). The van der Waals surface area contributed by atoms with E-state index < -0.39 is 0 Å². The van der Waals surface area contributed by atoms with Crippen molar-refractivity contribution in [1.29, 1.82) is 0 Å². The van der Waals surface area contributed by atoms with Gasteiger partial charge in [0.25, 0.3) is 0 Å². The molecule has 0 aliphatic rings.